The van der Waals surface area contributed by atoms with Gasteiger partial charge >= 0.3 is 6.03 Å². The van der Waals surface area contributed by atoms with Gasteiger partial charge in [0.25, 0.3) is 0 Å². The number of piperidine rings is 1. The summed E-state index contributed by atoms with van der Waals surface area (Å²) < 4.78 is 0. The molecule has 2 aliphatic carbocycles. The lowest BCUT2D eigenvalue weighted by Crippen LogP contribution is -2.56. The lowest BCUT2D eigenvalue weighted by Gasteiger charge is -2.46. The molecule has 2 saturated carbocycles. The Morgan fingerprint density at radius 3 is 2.35 bits per heavy atom. The fourth-order valence-electron chi connectivity index (χ4n) is 5.22. The molecule has 1 aliphatic heterocycles. The fraction of sp³-hybridized carbons (Fsp3) is 0.938. The first kappa shape index (κ1) is 14.2. The Hall–Kier alpha value is -0.770. The predicted molar refractivity (Wildman–Crippen MR) is 80.3 cm³/mol. The van der Waals surface area contributed by atoms with E-state index in [1.54, 1.807) is 4.90 Å². The van der Waals surface area contributed by atoms with Crippen molar-refractivity contribution >= 4 is 6.03 Å². The number of nitrogens with one attached hydrogen (secondary N) is 1. The highest BCUT2D eigenvalue weighted by molar-refractivity contribution is 5.72. The number of urea groups is 1. The Labute approximate surface area is 122 Å². The summed E-state index contributed by atoms with van der Waals surface area (Å²) in [5.74, 6) is 0.885. The zero-order valence-corrected chi connectivity index (χ0v) is 13.1. The third-order valence-corrected chi connectivity index (χ3v) is 6.48. The van der Waals surface area contributed by atoms with E-state index in [2.05, 4.69) is 26.1 Å². The van der Waals surface area contributed by atoms with Crippen molar-refractivity contribution < 1.29 is 4.79 Å². The average Bonchev–Trinajstić information content (AvgIpc) is 2.86. The largest absolute Gasteiger partial charge is 0.351 e. The number of amides is 2. The molecule has 4 nitrogen and oxygen atoms in total. The number of nitrogens with zero attached hydrogens (tertiary/aromatic N) is 1. The number of nitrogens with two attached hydrogens (primary N) is 1. The number of likely N-dealkylation sites (tertiary alicyclic amines) is 1. The Morgan fingerprint density at radius 2 is 1.85 bits per heavy atom. The second-order valence-corrected chi connectivity index (χ2v) is 8.11. The Kier molecular flexibility index (Phi) is 3.27. The Balaban J connectivity index is 1.63. The van der Waals surface area contributed by atoms with Crippen LogP contribution >= 0.6 is 0 Å². The van der Waals surface area contributed by atoms with Gasteiger partial charge in [-0.15, -0.1) is 0 Å². The van der Waals surface area contributed by atoms with Gasteiger partial charge in [0, 0.05) is 25.2 Å². The fourth-order valence-corrected chi connectivity index (χ4v) is 5.22. The molecule has 3 rings (SSSR count). The number of primary amides is 1. The summed E-state index contributed by atoms with van der Waals surface area (Å²) >= 11 is 0. The van der Waals surface area contributed by atoms with Crippen LogP contribution in [0.4, 0.5) is 4.79 Å². The molecule has 1 saturated heterocycles. The lowest BCUT2D eigenvalue weighted by molar-refractivity contribution is 0.0868. The van der Waals surface area contributed by atoms with Gasteiger partial charge in [0.05, 0.1) is 0 Å². The zero-order chi connectivity index (χ0) is 14.5. The van der Waals surface area contributed by atoms with Crippen LogP contribution in [0, 0.1) is 16.7 Å². The molecule has 2 amide bonds. The number of hydrogen-bond donors (Lipinski definition) is 2. The molecule has 3 unspecified atom stereocenters. The van der Waals surface area contributed by atoms with Crippen LogP contribution < -0.4 is 11.1 Å². The van der Waals surface area contributed by atoms with Crippen molar-refractivity contribution in [1.29, 1.82) is 0 Å². The van der Waals surface area contributed by atoms with Crippen LogP contribution in [-0.4, -0.2) is 36.1 Å². The van der Waals surface area contributed by atoms with Crippen LogP contribution in [0.25, 0.3) is 0 Å². The molecule has 3 N–H and O–H groups in total. The molecule has 0 radical (unpaired) electrons. The zero-order valence-electron chi connectivity index (χ0n) is 13.1. The van der Waals surface area contributed by atoms with Gasteiger partial charge in [0.2, 0.25) is 0 Å². The van der Waals surface area contributed by atoms with E-state index in [-0.39, 0.29) is 6.03 Å². The normalized spacial score (nSPS) is 40.2. The summed E-state index contributed by atoms with van der Waals surface area (Å²) in [6.07, 6.45) is 6.24. The van der Waals surface area contributed by atoms with E-state index in [0.717, 1.165) is 31.8 Å². The van der Waals surface area contributed by atoms with E-state index in [1.807, 2.05) is 0 Å². The second kappa shape index (κ2) is 4.62. The van der Waals surface area contributed by atoms with Gasteiger partial charge in [-0.05, 0) is 48.9 Å². The highest BCUT2D eigenvalue weighted by Gasteiger charge is 2.59. The van der Waals surface area contributed by atoms with Crippen LogP contribution in [0.3, 0.4) is 0 Å². The van der Waals surface area contributed by atoms with Gasteiger partial charge in [0.1, 0.15) is 0 Å². The minimum absolute atomic E-state index is 0.268. The van der Waals surface area contributed by atoms with E-state index >= 15 is 0 Å². The maximum Gasteiger partial charge on any atom is 0.314 e. The van der Waals surface area contributed by atoms with Crippen molar-refractivity contribution in [2.24, 2.45) is 22.5 Å². The number of carbonyl (C=O) groups is 1. The molecule has 114 valence electrons. The van der Waals surface area contributed by atoms with E-state index in [1.165, 1.54) is 19.3 Å². The van der Waals surface area contributed by atoms with E-state index in [0.29, 0.717) is 22.9 Å². The SMILES string of the molecule is CC12CCC(C1)C(C)(C)C2NC1CCN(C(N)=O)CC1. The van der Waals surface area contributed by atoms with E-state index in [4.69, 9.17) is 5.73 Å². The molecular formula is C16H29N3O. The number of carbonyl (C=O) groups excluding carboxylic acids is 1. The summed E-state index contributed by atoms with van der Waals surface area (Å²) in [7, 11) is 0. The summed E-state index contributed by atoms with van der Waals surface area (Å²) in [5.41, 5.74) is 6.25. The van der Waals surface area contributed by atoms with Crippen molar-refractivity contribution in [1.82, 2.24) is 10.2 Å². The molecule has 2 bridgehead atoms. The summed E-state index contributed by atoms with van der Waals surface area (Å²) in [4.78, 5) is 13.0. The minimum atomic E-state index is -0.268. The second-order valence-electron chi connectivity index (χ2n) is 8.11. The monoisotopic (exact) mass is 279 g/mol. The Bertz CT molecular complexity index is 396. The van der Waals surface area contributed by atoms with Gasteiger partial charge in [0.15, 0.2) is 0 Å². The van der Waals surface area contributed by atoms with Crippen molar-refractivity contribution in [2.45, 2.75) is 65.0 Å². The number of fused-ring (bicyclic) bond motifs is 2. The van der Waals surface area contributed by atoms with E-state index < -0.39 is 0 Å². The van der Waals surface area contributed by atoms with Crippen LogP contribution in [0.15, 0.2) is 0 Å². The minimum Gasteiger partial charge on any atom is -0.351 e. The first-order chi connectivity index (χ1) is 9.33. The molecule has 0 aromatic carbocycles. The standard InChI is InChI=1S/C16H29N3O/c1-15(2)11-4-7-16(3,10-11)13(15)18-12-5-8-19(9-6-12)14(17)20/h11-13,18H,4-10H2,1-3H3,(H2,17,20). The van der Waals surface area contributed by atoms with Gasteiger partial charge in [-0.3, -0.25) is 0 Å². The van der Waals surface area contributed by atoms with Crippen molar-refractivity contribution in [3.8, 4) is 0 Å². The van der Waals surface area contributed by atoms with Crippen LogP contribution in [-0.2, 0) is 0 Å². The molecule has 20 heavy (non-hydrogen) atoms. The quantitative estimate of drug-likeness (QED) is 0.815. The van der Waals surface area contributed by atoms with Crippen molar-refractivity contribution in [2.75, 3.05) is 13.1 Å². The number of hydrogen-bond acceptors (Lipinski definition) is 2. The Morgan fingerprint density at radius 1 is 1.20 bits per heavy atom. The number of rotatable bonds is 2. The molecule has 3 atom stereocenters. The molecular weight excluding hydrogens is 250 g/mol. The van der Waals surface area contributed by atoms with Crippen LogP contribution in [0.5, 0.6) is 0 Å². The molecule has 4 heteroatoms. The summed E-state index contributed by atoms with van der Waals surface area (Å²) in [5, 5.41) is 3.96. The summed E-state index contributed by atoms with van der Waals surface area (Å²) in [6, 6.07) is 0.903. The maximum absolute atomic E-state index is 11.2. The smallest absolute Gasteiger partial charge is 0.314 e. The van der Waals surface area contributed by atoms with Gasteiger partial charge in [-0.1, -0.05) is 20.8 Å². The molecule has 1 heterocycles. The van der Waals surface area contributed by atoms with Gasteiger partial charge in [-0.25, -0.2) is 4.79 Å². The molecule has 3 fully saturated rings. The van der Waals surface area contributed by atoms with E-state index in [9.17, 15) is 4.79 Å². The third-order valence-electron chi connectivity index (χ3n) is 6.48. The molecule has 3 aliphatic rings. The van der Waals surface area contributed by atoms with Crippen molar-refractivity contribution in [3.05, 3.63) is 0 Å². The highest BCUT2D eigenvalue weighted by atomic mass is 16.2. The average molecular weight is 279 g/mol. The third kappa shape index (κ3) is 2.12. The molecule has 0 aromatic heterocycles. The first-order valence-electron chi connectivity index (χ1n) is 8.13. The predicted octanol–water partition coefficient (Wildman–Crippen LogP) is 2.33. The maximum atomic E-state index is 11.2. The van der Waals surface area contributed by atoms with Crippen molar-refractivity contribution in [3.63, 3.8) is 0 Å². The molecule has 0 spiro atoms. The summed E-state index contributed by atoms with van der Waals surface area (Å²) in [6.45, 7) is 8.97. The van der Waals surface area contributed by atoms with Gasteiger partial charge in [-0.2, -0.15) is 0 Å². The topological polar surface area (TPSA) is 58.4 Å². The highest BCUT2D eigenvalue weighted by Crippen LogP contribution is 2.62. The van der Waals surface area contributed by atoms with Crippen LogP contribution in [0.2, 0.25) is 0 Å². The van der Waals surface area contributed by atoms with Crippen LogP contribution in [0.1, 0.15) is 52.9 Å². The first-order valence-corrected chi connectivity index (χ1v) is 8.13. The van der Waals surface area contributed by atoms with Gasteiger partial charge < -0.3 is 16.0 Å². The lowest BCUT2D eigenvalue weighted by atomic mass is 9.68. The molecule has 0 aromatic rings.